The van der Waals surface area contributed by atoms with Crippen molar-refractivity contribution >= 4 is 23.8 Å². The topological polar surface area (TPSA) is 147 Å². The van der Waals surface area contributed by atoms with E-state index in [4.69, 9.17) is 4.74 Å². The molecule has 2 aromatic heterocycles. The maximum absolute atomic E-state index is 12.4. The molecule has 1 atom stereocenters. The van der Waals surface area contributed by atoms with Crippen molar-refractivity contribution in [3.05, 3.63) is 41.3 Å². The number of fused-ring (bicyclic) bond motifs is 1. The molecule has 1 aliphatic heterocycles. The highest BCUT2D eigenvalue weighted by atomic mass is 16.5. The van der Waals surface area contributed by atoms with E-state index in [2.05, 4.69) is 32.1 Å². The van der Waals surface area contributed by atoms with Gasteiger partial charge in [-0.1, -0.05) is 26.8 Å². The van der Waals surface area contributed by atoms with Crippen molar-refractivity contribution in [3.8, 4) is 0 Å². The Hall–Kier alpha value is -3.63. The fraction of sp³-hybridized carbons (Fsp3) is 0.522. The second-order valence-electron chi connectivity index (χ2n) is 9.46. The largest absolute Gasteiger partial charge is 0.480 e. The average molecular weight is 473 g/mol. The standard InChI is InChI=1S/C23H32N6O5/c1-23(2,3)14-34-22(33)28-18(21(31)32)12-25-20(30)16-11-26-29(13-16)10-8-17-7-6-15-5-4-9-24-19(15)27-17/h6-7,11,13,18H,4-5,8-10,12,14H2,1-3H3,(H,24,27)(H,25,30)(H,28,33)(H,31,32)/t18-/m0/s1. The number of hydrogen-bond acceptors (Lipinski definition) is 7. The first kappa shape index (κ1) is 25.0. The Morgan fingerprint density at radius 3 is 2.82 bits per heavy atom. The van der Waals surface area contributed by atoms with Gasteiger partial charge in [-0.15, -0.1) is 0 Å². The average Bonchev–Trinajstić information content (AvgIpc) is 3.27. The van der Waals surface area contributed by atoms with Gasteiger partial charge in [0, 0.05) is 37.9 Å². The van der Waals surface area contributed by atoms with Gasteiger partial charge in [-0.25, -0.2) is 14.6 Å². The van der Waals surface area contributed by atoms with E-state index in [1.165, 1.54) is 11.8 Å². The lowest BCUT2D eigenvalue weighted by molar-refractivity contribution is -0.139. The zero-order valence-corrected chi connectivity index (χ0v) is 19.8. The van der Waals surface area contributed by atoms with Crippen LogP contribution in [0.4, 0.5) is 10.6 Å². The Morgan fingerprint density at radius 1 is 1.29 bits per heavy atom. The molecule has 3 heterocycles. The van der Waals surface area contributed by atoms with Crippen LogP contribution in [0.15, 0.2) is 24.5 Å². The maximum Gasteiger partial charge on any atom is 0.407 e. The molecule has 0 spiro atoms. The molecule has 0 saturated carbocycles. The quantitative estimate of drug-likeness (QED) is 0.432. The summed E-state index contributed by atoms with van der Waals surface area (Å²) in [6.45, 7) is 6.96. The molecule has 0 aromatic carbocycles. The highest BCUT2D eigenvalue weighted by Crippen LogP contribution is 2.20. The molecule has 1 aliphatic rings. The van der Waals surface area contributed by atoms with Crippen molar-refractivity contribution in [2.24, 2.45) is 5.41 Å². The van der Waals surface area contributed by atoms with E-state index in [9.17, 15) is 19.5 Å². The zero-order chi connectivity index (χ0) is 24.7. The van der Waals surface area contributed by atoms with Crippen LogP contribution in [0.3, 0.4) is 0 Å². The van der Waals surface area contributed by atoms with Crippen LogP contribution in [-0.2, 0) is 28.9 Å². The highest BCUT2D eigenvalue weighted by Gasteiger charge is 2.23. The van der Waals surface area contributed by atoms with Crippen LogP contribution in [0.25, 0.3) is 0 Å². The number of nitrogens with one attached hydrogen (secondary N) is 3. The summed E-state index contributed by atoms with van der Waals surface area (Å²) in [5, 5.41) is 21.6. The number of ether oxygens (including phenoxy) is 1. The molecule has 0 aliphatic carbocycles. The van der Waals surface area contributed by atoms with Crippen molar-refractivity contribution in [3.63, 3.8) is 0 Å². The van der Waals surface area contributed by atoms with Crippen molar-refractivity contribution in [1.82, 2.24) is 25.4 Å². The number of anilines is 1. The summed E-state index contributed by atoms with van der Waals surface area (Å²) in [7, 11) is 0. The minimum atomic E-state index is -1.32. The first-order chi connectivity index (χ1) is 16.1. The lowest BCUT2D eigenvalue weighted by Crippen LogP contribution is -2.48. The van der Waals surface area contributed by atoms with Crippen LogP contribution in [0.1, 0.15) is 48.8 Å². The first-order valence-corrected chi connectivity index (χ1v) is 11.3. The fourth-order valence-corrected chi connectivity index (χ4v) is 3.30. The Balaban J connectivity index is 1.48. The van der Waals surface area contributed by atoms with Crippen LogP contribution in [0.5, 0.6) is 0 Å². The summed E-state index contributed by atoms with van der Waals surface area (Å²) in [5.74, 6) is -0.831. The molecule has 0 fully saturated rings. The molecule has 184 valence electrons. The summed E-state index contributed by atoms with van der Waals surface area (Å²) in [6, 6.07) is 2.78. The Bertz CT molecular complexity index is 1030. The molecule has 0 saturated heterocycles. The minimum Gasteiger partial charge on any atom is -0.480 e. The molecule has 2 amide bonds. The zero-order valence-electron chi connectivity index (χ0n) is 19.8. The molecular formula is C23H32N6O5. The first-order valence-electron chi connectivity index (χ1n) is 11.3. The smallest absolute Gasteiger partial charge is 0.407 e. The van der Waals surface area contributed by atoms with E-state index in [0.717, 1.165) is 30.9 Å². The van der Waals surface area contributed by atoms with Gasteiger partial charge in [-0.2, -0.15) is 5.10 Å². The molecule has 3 rings (SSSR count). The van der Waals surface area contributed by atoms with E-state index in [1.807, 2.05) is 26.8 Å². The van der Waals surface area contributed by atoms with Crippen molar-refractivity contribution < 1.29 is 24.2 Å². The normalized spacial score (nSPS) is 13.9. The third kappa shape index (κ3) is 7.46. The SMILES string of the molecule is CC(C)(C)COC(=O)N[C@@H](CNC(=O)c1cnn(CCc2ccc3c(n2)NCCC3)c1)C(=O)O. The molecule has 34 heavy (non-hydrogen) atoms. The summed E-state index contributed by atoms with van der Waals surface area (Å²) < 4.78 is 6.67. The number of carbonyl (C=O) groups excluding carboxylic acids is 2. The van der Waals surface area contributed by atoms with Gasteiger partial charge in [0.05, 0.1) is 18.4 Å². The predicted octanol–water partition coefficient (Wildman–Crippen LogP) is 1.83. The summed E-state index contributed by atoms with van der Waals surface area (Å²) in [4.78, 5) is 40.4. The minimum absolute atomic E-state index is 0.133. The number of carbonyl (C=O) groups is 3. The van der Waals surface area contributed by atoms with Gasteiger partial charge < -0.3 is 25.8 Å². The van der Waals surface area contributed by atoms with Crippen LogP contribution in [0, 0.1) is 5.41 Å². The number of alkyl carbamates (subject to hydrolysis) is 1. The monoisotopic (exact) mass is 472 g/mol. The van der Waals surface area contributed by atoms with E-state index in [0.29, 0.717) is 18.5 Å². The van der Waals surface area contributed by atoms with Crippen molar-refractivity contribution in [1.29, 1.82) is 0 Å². The number of carboxylic acid groups (broad SMARTS) is 1. The highest BCUT2D eigenvalue weighted by molar-refractivity contribution is 5.94. The number of aryl methyl sites for hydroxylation is 3. The van der Waals surface area contributed by atoms with E-state index in [-0.39, 0.29) is 18.6 Å². The van der Waals surface area contributed by atoms with E-state index in [1.54, 1.807) is 10.9 Å². The van der Waals surface area contributed by atoms with Gasteiger partial charge in [-0.3, -0.25) is 9.48 Å². The molecule has 11 heteroatoms. The molecule has 0 radical (unpaired) electrons. The van der Waals surface area contributed by atoms with Gasteiger partial charge in [0.25, 0.3) is 5.91 Å². The van der Waals surface area contributed by atoms with E-state index < -0.39 is 24.0 Å². The summed E-state index contributed by atoms with van der Waals surface area (Å²) in [5.41, 5.74) is 2.20. The summed E-state index contributed by atoms with van der Waals surface area (Å²) in [6.07, 6.45) is 4.94. The van der Waals surface area contributed by atoms with Gasteiger partial charge in [0.15, 0.2) is 0 Å². The number of amides is 2. The van der Waals surface area contributed by atoms with Gasteiger partial charge in [-0.05, 0) is 29.9 Å². The molecule has 0 bridgehead atoms. The van der Waals surface area contributed by atoms with E-state index >= 15 is 0 Å². The Labute approximate surface area is 198 Å². The van der Waals surface area contributed by atoms with Crippen LogP contribution in [0.2, 0.25) is 0 Å². The number of aromatic nitrogens is 3. The fourth-order valence-electron chi connectivity index (χ4n) is 3.30. The Morgan fingerprint density at radius 2 is 2.09 bits per heavy atom. The second kappa shape index (κ2) is 11.0. The number of aliphatic carboxylic acids is 1. The number of rotatable bonds is 9. The molecule has 0 unspecified atom stereocenters. The number of carboxylic acids is 1. The second-order valence-corrected chi connectivity index (χ2v) is 9.46. The lowest BCUT2D eigenvalue weighted by atomic mass is 9.99. The molecule has 11 nitrogen and oxygen atoms in total. The van der Waals surface area contributed by atoms with Crippen molar-refractivity contribution in [2.75, 3.05) is 25.0 Å². The lowest BCUT2D eigenvalue weighted by Gasteiger charge is -2.20. The third-order valence-electron chi connectivity index (χ3n) is 5.14. The summed E-state index contributed by atoms with van der Waals surface area (Å²) >= 11 is 0. The van der Waals surface area contributed by atoms with Gasteiger partial charge >= 0.3 is 12.1 Å². The van der Waals surface area contributed by atoms with Crippen LogP contribution >= 0.6 is 0 Å². The van der Waals surface area contributed by atoms with Gasteiger partial charge in [0.2, 0.25) is 0 Å². The predicted molar refractivity (Wildman–Crippen MR) is 125 cm³/mol. The van der Waals surface area contributed by atoms with Crippen LogP contribution in [-0.4, -0.2) is 63.6 Å². The molecule has 4 N–H and O–H groups in total. The third-order valence-corrected chi connectivity index (χ3v) is 5.14. The van der Waals surface area contributed by atoms with Crippen LogP contribution < -0.4 is 16.0 Å². The number of pyridine rings is 1. The Kier molecular flexibility index (Phi) is 8.08. The van der Waals surface area contributed by atoms with Crippen molar-refractivity contribution in [2.45, 2.75) is 52.6 Å². The molecule has 2 aromatic rings. The number of nitrogens with zero attached hydrogens (tertiary/aromatic N) is 3. The van der Waals surface area contributed by atoms with Gasteiger partial charge in [0.1, 0.15) is 11.9 Å². The maximum atomic E-state index is 12.4. The molecular weight excluding hydrogens is 440 g/mol. The number of hydrogen-bond donors (Lipinski definition) is 4.